The minimum Gasteiger partial charge on any atom is -0.457 e. The van der Waals surface area contributed by atoms with Crippen molar-refractivity contribution in [2.75, 3.05) is 12.4 Å². The van der Waals surface area contributed by atoms with E-state index < -0.39 is 0 Å². The molecule has 0 aromatic heterocycles. The Balaban J connectivity index is 2.04. The molecule has 0 fully saturated rings. The van der Waals surface area contributed by atoms with Gasteiger partial charge in [0.1, 0.15) is 11.5 Å². The highest BCUT2D eigenvalue weighted by molar-refractivity contribution is 6.30. The summed E-state index contributed by atoms with van der Waals surface area (Å²) in [6.45, 7) is 0. The lowest BCUT2D eigenvalue weighted by Gasteiger charge is -2.08. The van der Waals surface area contributed by atoms with Crippen LogP contribution >= 0.6 is 11.6 Å². The number of carbonyl (C=O) groups is 1. The number of nitrogens with one attached hydrogen (secondary N) is 2. The second kappa shape index (κ2) is 6.11. The van der Waals surface area contributed by atoms with E-state index in [1.54, 1.807) is 43.4 Å². The van der Waals surface area contributed by atoms with E-state index in [-0.39, 0.29) is 6.03 Å². The molecule has 0 atom stereocenters. The second-order valence-electron chi connectivity index (χ2n) is 3.79. The molecule has 19 heavy (non-hydrogen) atoms. The van der Waals surface area contributed by atoms with Crippen LogP contribution in [0.5, 0.6) is 11.5 Å². The largest absolute Gasteiger partial charge is 0.457 e. The van der Waals surface area contributed by atoms with E-state index in [9.17, 15) is 4.79 Å². The molecule has 2 N–H and O–H groups in total. The maximum Gasteiger partial charge on any atom is 0.318 e. The number of amides is 2. The number of ether oxygens (including phenoxy) is 1. The van der Waals surface area contributed by atoms with Gasteiger partial charge in [0.25, 0.3) is 0 Å². The molecule has 0 bridgehead atoms. The van der Waals surface area contributed by atoms with Crippen LogP contribution in [0.15, 0.2) is 48.5 Å². The summed E-state index contributed by atoms with van der Waals surface area (Å²) < 4.78 is 5.63. The first kappa shape index (κ1) is 13.2. The molecule has 0 saturated heterocycles. The smallest absolute Gasteiger partial charge is 0.318 e. The van der Waals surface area contributed by atoms with Crippen molar-refractivity contribution < 1.29 is 9.53 Å². The van der Waals surface area contributed by atoms with Gasteiger partial charge in [-0.1, -0.05) is 17.7 Å². The summed E-state index contributed by atoms with van der Waals surface area (Å²) in [6.07, 6.45) is 0. The van der Waals surface area contributed by atoms with Gasteiger partial charge in [-0.2, -0.15) is 0 Å². The number of hydrogen-bond acceptors (Lipinski definition) is 2. The normalized spacial score (nSPS) is 9.79. The Morgan fingerprint density at radius 1 is 1.11 bits per heavy atom. The van der Waals surface area contributed by atoms with Gasteiger partial charge in [-0.15, -0.1) is 0 Å². The van der Waals surface area contributed by atoms with E-state index in [1.807, 2.05) is 12.1 Å². The Bertz CT molecular complexity index is 570. The van der Waals surface area contributed by atoms with Crippen LogP contribution in [0.3, 0.4) is 0 Å². The zero-order chi connectivity index (χ0) is 13.7. The molecule has 0 spiro atoms. The van der Waals surface area contributed by atoms with Crippen LogP contribution in [-0.4, -0.2) is 13.1 Å². The zero-order valence-corrected chi connectivity index (χ0v) is 11.1. The van der Waals surface area contributed by atoms with Crippen LogP contribution in [0.25, 0.3) is 0 Å². The van der Waals surface area contributed by atoms with Gasteiger partial charge >= 0.3 is 6.03 Å². The van der Waals surface area contributed by atoms with Gasteiger partial charge in [0.05, 0.1) is 0 Å². The van der Waals surface area contributed by atoms with Crippen molar-refractivity contribution in [2.45, 2.75) is 0 Å². The summed E-state index contributed by atoms with van der Waals surface area (Å²) in [5.41, 5.74) is 0.692. The molecule has 2 amide bonds. The summed E-state index contributed by atoms with van der Waals surface area (Å²) in [4.78, 5) is 11.1. The van der Waals surface area contributed by atoms with Crippen LogP contribution in [0.2, 0.25) is 5.02 Å². The minimum absolute atomic E-state index is 0.261. The van der Waals surface area contributed by atoms with E-state index in [4.69, 9.17) is 16.3 Å². The molecule has 5 heteroatoms. The molecule has 0 radical (unpaired) electrons. The molecular weight excluding hydrogens is 264 g/mol. The molecule has 0 unspecified atom stereocenters. The lowest BCUT2D eigenvalue weighted by molar-refractivity contribution is 0.254. The quantitative estimate of drug-likeness (QED) is 0.894. The lowest BCUT2D eigenvalue weighted by atomic mass is 10.3. The molecule has 0 aliphatic rings. The summed E-state index contributed by atoms with van der Waals surface area (Å²) in [5, 5.41) is 5.76. The predicted octanol–water partition coefficient (Wildman–Crippen LogP) is 3.88. The average Bonchev–Trinajstić information content (AvgIpc) is 2.41. The summed E-state index contributed by atoms with van der Waals surface area (Å²) in [6, 6.07) is 14.0. The number of carbonyl (C=O) groups excluding carboxylic acids is 1. The van der Waals surface area contributed by atoms with Crippen molar-refractivity contribution in [3.63, 3.8) is 0 Å². The van der Waals surface area contributed by atoms with Crippen LogP contribution in [-0.2, 0) is 0 Å². The van der Waals surface area contributed by atoms with Crippen LogP contribution in [0, 0.1) is 0 Å². The number of benzene rings is 2. The molecule has 98 valence electrons. The molecule has 2 aromatic carbocycles. The maximum absolute atomic E-state index is 11.1. The maximum atomic E-state index is 11.1. The van der Waals surface area contributed by atoms with Crippen molar-refractivity contribution in [2.24, 2.45) is 0 Å². The molecule has 2 rings (SSSR count). The van der Waals surface area contributed by atoms with Crippen molar-refractivity contribution in [1.82, 2.24) is 5.32 Å². The van der Waals surface area contributed by atoms with E-state index in [1.165, 1.54) is 0 Å². The Hall–Kier alpha value is -2.20. The monoisotopic (exact) mass is 276 g/mol. The summed E-state index contributed by atoms with van der Waals surface area (Å²) >= 11 is 5.88. The molecule has 0 saturated carbocycles. The van der Waals surface area contributed by atoms with Gasteiger partial charge < -0.3 is 15.4 Å². The van der Waals surface area contributed by atoms with E-state index in [0.29, 0.717) is 22.2 Å². The van der Waals surface area contributed by atoms with Crippen molar-refractivity contribution in [1.29, 1.82) is 0 Å². The van der Waals surface area contributed by atoms with Crippen LogP contribution < -0.4 is 15.4 Å². The SMILES string of the molecule is CNC(=O)Nc1ccc(Oc2cccc(Cl)c2)cc1. The molecule has 0 aliphatic heterocycles. The fourth-order valence-electron chi connectivity index (χ4n) is 1.47. The van der Waals surface area contributed by atoms with Gasteiger partial charge in [0.2, 0.25) is 0 Å². The molecule has 0 aliphatic carbocycles. The Morgan fingerprint density at radius 2 is 1.84 bits per heavy atom. The van der Waals surface area contributed by atoms with Crippen LogP contribution in [0.4, 0.5) is 10.5 Å². The highest BCUT2D eigenvalue weighted by Gasteiger charge is 2.01. The van der Waals surface area contributed by atoms with Gasteiger partial charge in [0.15, 0.2) is 0 Å². The fourth-order valence-corrected chi connectivity index (χ4v) is 1.65. The first-order valence-corrected chi connectivity index (χ1v) is 6.07. The topological polar surface area (TPSA) is 50.4 Å². The van der Waals surface area contributed by atoms with E-state index in [0.717, 1.165) is 0 Å². The van der Waals surface area contributed by atoms with Crippen molar-refractivity contribution in [3.8, 4) is 11.5 Å². The second-order valence-corrected chi connectivity index (χ2v) is 4.22. The molecule has 4 nitrogen and oxygen atoms in total. The molecule has 0 heterocycles. The molecule has 2 aromatic rings. The first-order chi connectivity index (χ1) is 9.17. The third-order valence-electron chi connectivity index (χ3n) is 2.37. The molecular formula is C14H13ClN2O2. The number of hydrogen-bond donors (Lipinski definition) is 2. The van der Waals surface area contributed by atoms with Crippen LogP contribution in [0.1, 0.15) is 0 Å². The van der Waals surface area contributed by atoms with E-state index >= 15 is 0 Å². The summed E-state index contributed by atoms with van der Waals surface area (Å²) in [5.74, 6) is 1.34. The highest BCUT2D eigenvalue weighted by atomic mass is 35.5. The van der Waals surface area contributed by atoms with Gasteiger partial charge in [-0.05, 0) is 42.5 Å². The number of anilines is 1. The Kier molecular flexibility index (Phi) is 4.26. The van der Waals surface area contributed by atoms with Crippen molar-refractivity contribution >= 4 is 23.3 Å². The number of rotatable bonds is 3. The Labute approximate surface area is 116 Å². The number of halogens is 1. The van der Waals surface area contributed by atoms with Crippen molar-refractivity contribution in [3.05, 3.63) is 53.6 Å². The fraction of sp³-hybridized carbons (Fsp3) is 0.0714. The van der Waals surface area contributed by atoms with Gasteiger partial charge in [-0.3, -0.25) is 0 Å². The minimum atomic E-state index is -0.261. The Morgan fingerprint density at radius 3 is 2.47 bits per heavy atom. The summed E-state index contributed by atoms with van der Waals surface area (Å²) in [7, 11) is 1.56. The third kappa shape index (κ3) is 3.89. The standard InChI is InChI=1S/C14H13ClN2O2/c1-16-14(18)17-11-5-7-12(8-6-11)19-13-4-2-3-10(15)9-13/h2-9H,1H3,(H2,16,17,18). The highest BCUT2D eigenvalue weighted by Crippen LogP contribution is 2.25. The number of urea groups is 1. The van der Waals surface area contributed by atoms with Gasteiger partial charge in [-0.25, -0.2) is 4.79 Å². The average molecular weight is 277 g/mol. The first-order valence-electron chi connectivity index (χ1n) is 5.69. The predicted molar refractivity (Wildman–Crippen MR) is 76.0 cm³/mol. The van der Waals surface area contributed by atoms with E-state index in [2.05, 4.69) is 10.6 Å². The van der Waals surface area contributed by atoms with Gasteiger partial charge in [0, 0.05) is 17.8 Å². The lowest BCUT2D eigenvalue weighted by Crippen LogP contribution is -2.24. The zero-order valence-electron chi connectivity index (χ0n) is 10.3. The third-order valence-corrected chi connectivity index (χ3v) is 2.61.